The smallest absolute Gasteiger partial charge is 0.250 e. The molecule has 1 aromatic carbocycles. The predicted octanol–water partition coefficient (Wildman–Crippen LogP) is 1.38. The Hall–Kier alpha value is -1.10. The molecule has 1 saturated heterocycles. The van der Waals surface area contributed by atoms with Crippen molar-refractivity contribution in [1.82, 2.24) is 10.6 Å². The Morgan fingerprint density at radius 1 is 1.42 bits per heavy atom. The second kappa shape index (κ2) is 7.48. The van der Waals surface area contributed by atoms with Crippen molar-refractivity contribution in [3.63, 3.8) is 0 Å². The van der Waals surface area contributed by atoms with E-state index in [-0.39, 0.29) is 12.0 Å². The van der Waals surface area contributed by atoms with E-state index in [1.165, 1.54) is 5.56 Å². The van der Waals surface area contributed by atoms with Gasteiger partial charge < -0.3 is 15.4 Å². The highest BCUT2D eigenvalue weighted by Gasteiger charge is 2.20. The Morgan fingerprint density at radius 2 is 2.21 bits per heavy atom. The molecule has 1 aliphatic rings. The largest absolute Gasteiger partial charge is 0.366 e. The number of aryl methyl sites for hydroxylation is 1. The first-order valence-corrected chi connectivity index (χ1v) is 6.98. The molecule has 1 heterocycles. The minimum Gasteiger partial charge on any atom is -0.366 e. The molecule has 0 aliphatic carbocycles. The molecule has 4 nitrogen and oxygen atoms in total. The van der Waals surface area contributed by atoms with E-state index in [0.29, 0.717) is 19.7 Å². The lowest BCUT2D eigenvalue weighted by atomic mass is 10.1. The fourth-order valence-electron chi connectivity index (χ4n) is 2.00. The van der Waals surface area contributed by atoms with Crippen molar-refractivity contribution in [3.8, 4) is 0 Å². The number of carbonyl (C=O) groups is 1. The van der Waals surface area contributed by atoms with E-state index in [9.17, 15) is 4.79 Å². The third-order valence-corrected chi connectivity index (χ3v) is 3.33. The molecule has 0 radical (unpaired) electrons. The van der Waals surface area contributed by atoms with Gasteiger partial charge in [-0.3, -0.25) is 4.79 Å². The van der Waals surface area contributed by atoms with Gasteiger partial charge in [0.1, 0.15) is 6.10 Å². The predicted molar refractivity (Wildman–Crippen MR) is 75.4 cm³/mol. The lowest BCUT2D eigenvalue weighted by Gasteiger charge is -2.22. The second-order valence-electron chi connectivity index (χ2n) is 4.58. The van der Waals surface area contributed by atoms with Crippen LogP contribution in [0, 0.1) is 0 Å². The van der Waals surface area contributed by atoms with E-state index in [1.54, 1.807) is 0 Å². The maximum atomic E-state index is 11.8. The van der Waals surface area contributed by atoms with Crippen LogP contribution in [0.3, 0.4) is 0 Å². The Bertz CT molecular complexity index is 402. The molecule has 2 N–H and O–H groups in total. The van der Waals surface area contributed by atoms with Gasteiger partial charge in [0.25, 0.3) is 0 Å². The van der Waals surface area contributed by atoms with E-state index in [4.69, 9.17) is 16.3 Å². The Morgan fingerprint density at radius 3 is 2.89 bits per heavy atom. The monoisotopic (exact) mass is 282 g/mol. The van der Waals surface area contributed by atoms with Crippen LogP contribution in [0.15, 0.2) is 24.3 Å². The van der Waals surface area contributed by atoms with Gasteiger partial charge in [-0.2, -0.15) is 0 Å². The molecule has 0 bridgehead atoms. The summed E-state index contributed by atoms with van der Waals surface area (Å²) in [7, 11) is 0. The highest BCUT2D eigenvalue weighted by molar-refractivity contribution is 6.30. The molecule has 1 amide bonds. The highest BCUT2D eigenvalue weighted by atomic mass is 35.5. The van der Waals surface area contributed by atoms with Crippen LogP contribution in [0.1, 0.15) is 12.0 Å². The van der Waals surface area contributed by atoms with Crippen LogP contribution in [0.4, 0.5) is 0 Å². The molecule has 0 saturated carbocycles. The first-order valence-electron chi connectivity index (χ1n) is 6.60. The number of amides is 1. The molecule has 5 heteroatoms. The lowest BCUT2D eigenvalue weighted by Crippen LogP contribution is -2.48. The summed E-state index contributed by atoms with van der Waals surface area (Å²) < 4.78 is 5.38. The molecular weight excluding hydrogens is 264 g/mol. The standard InChI is InChI=1S/C14H19ClN2O2/c15-12-5-3-11(4-6-12)2-1-7-17-14(18)13-10-16-8-9-19-13/h3-6,13,16H,1-2,7-10H2,(H,17,18). The number of benzene rings is 1. The van der Waals surface area contributed by atoms with Gasteiger partial charge in [0, 0.05) is 24.7 Å². The summed E-state index contributed by atoms with van der Waals surface area (Å²) in [6, 6.07) is 7.80. The summed E-state index contributed by atoms with van der Waals surface area (Å²) in [5, 5.41) is 6.79. The molecule has 0 spiro atoms. The minimum absolute atomic E-state index is 0.0247. The number of ether oxygens (including phenoxy) is 1. The van der Waals surface area contributed by atoms with Gasteiger partial charge in [-0.15, -0.1) is 0 Å². The summed E-state index contributed by atoms with van der Waals surface area (Å²) in [5.74, 6) is -0.0247. The fraction of sp³-hybridized carbons (Fsp3) is 0.500. The van der Waals surface area contributed by atoms with Crippen molar-refractivity contribution < 1.29 is 9.53 Å². The van der Waals surface area contributed by atoms with Gasteiger partial charge in [-0.25, -0.2) is 0 Å². The fourth-order valence-corrected chi connectivity index (χ4v) is 2.13. The Labute approximate surface area is 118 Å². The number of morpholine rings is 1. The normalized spacial score (nSPS) is 19.1. The zero-order valence-corrected chi connectivity index (χ0v) is 11.6. The second-order valence-corrected chi connectivity index (χ2v) is 5.02. The Balaban J connectivity index is 1.63. The molecule has 1 aromatic rings. The maximum absolute atomic E-state index is 11.8. The summed E-state index contributed by atoms with van der Waals surface area (Å²) >= 11 is 5.82. The van der Waals surface area contributed by atoms with E-state index in [1.807, 2.05) is 24.3 Å². The first-order chi connectivity index (χ1) is 9.25. The van der Waals surface area contributed by atoms with Crippen molar-refractivity contribution >= 4 is 17.5 Å². The summed E-state index contributed by atoms with van der Waals surface area (Å²) in [5.41, 5.74) is 1.23. The lowest BCUT2D eigenvalue weighted by molar-refractivity contribution is -0.134. The topological polar surface area (TPSA) is 50.4 Å². The molecule has 2 rings (SSSR count). The summed E-state index contributed by atoms with van der Waals surface area (Å²) in [4.78, 5) is 11.8. The van der Waals surface area contributed by atoms with Crippen LogP contribution in [0.2, 0.25) is 5.02 Å². The highest BCUT2D eigenvalue weighted by Crippen LogP contribution is 2.10. The SMILES string of the molecule is O=C(NCCCc1ccc(Cl)cc1)C1CNCCO1. The number of nitrogens with one attached hydrogen (secondary N) is 2. The quantitative estimate of drug-likeness (QED) is 0.802. The molecule has 19 heavy (non-hydrogen) atoms. The van der Waals surface area contributed by atoms with E-state index in [2.05, 4.69) is 10.6 Å². The number of halogens is 1. The number of hydrogen-bond donors (Lipinski definition) is 2. The van der Waals surface area contributed by atoms with Gasteiger partial charge in [-0.1, -0.05) is 23.7 Å². The van der Waals surface area contributed by atoms with Crippen LogP contribution in [0.5, 0.6) is 0 Å². The van der Waals surface area contributed by atoms with E-state index < -0.39 is 0 Å². The maximum Gasteiger partial charge on any atom is 0.250 e. The van der Waals surface area contributed by atoms with Crippen molar-refractivity contribution in [3.05, 3.63) is 34.9 Å². The van der Waals surface area contributed by atoms with Gasteiger partial charge >= 0.3 is 0 Å². The van der Waals surface area contributed by atoms with Crippen LogP contribution >= 0.6 is 11.6 Å². The number of hydrogen-bond acceptors (Lipinski definition) is 3. The summed E-state index contributed by atoms with van der Waals surface area (Å²) in [6.45, 7) is 2.69. The molecule has 1 fully saturated rings. The molecular formula is C14H19ClN2O2. The molecule has 104 valence electrons. The zero-order chi connectivity index (χ0) is 13.5. The van der Waals surface area contributed by atoms with E-state index in [0.717, 1.165) is 24.4 Å². The van der Waals surface area contributed by atoms with Crippen LogP contribution in [0.25, 0.3) is 0 Å². The molecule has 0 aromatic heterocycles. The van der Waals surface area contributed by atoms with Crippen molar-refractivity contribution in [2.24, 2.45) is 0 Å². The zero-order valence-electron chi connectivity index (χ0n) is 10.8. The first kappa shape index (κ1) is 14.3. The minimum atomic E-state index is -0.343. The van der Waals surface area contributed by atoms with Crippen molar-refractivity contribution in [2.75, 3.05) is 26.2 Å². The van der Waals surface area contributed by atoms with Crippen LogP contribution in [-0.2, 0) is 16.0 Å². The van der Waals surface area contributed by atoms with Gasteiger partial charge in [-0.05, 0) is 30.5 Å². The molecule has 1 unspecified atom stereocenters. The van der Waals surface area contributed by atoms with E-state index >= 15 is 0 Å². The van der Waals surface area contributed by atoms with Gasteiger partial charge in [0.05, 0.1) is 6.61 Å². The average molecular weight is 283 g/mol. The van der Waals surface area contributed by atoms with Crippen LogP contribution < -0.4 is 10.6 Å². The van der Waals surface area contributed by atoms with Crippen LogP contribution in [-0.4, -0.2) is 38.3 Å². The Kier molecular flexibility index (Phi) is 5.63. The van der Waals surface area contributed by atoms with Gasteiger partial charge in [0.2, 0.25) is 5.91 Å². The number of rotatable bonds is 5. The third-order valence-electron chi connectivity index (χ3n) is 3.07. The average Bonchev–Trinajstić information content (AvgIpc) is 2.46. The van der Waals surface area contributed by atoms with Crippen molar-refractivity contribution in [1.29, 1.82) is 0 Å². The molecule has 1 aliphatic heterocycles. The summed E-state index contributed by atoms with van der Waals surface area (Å²) in [6.07, 6.45) is 1.50. The number of carbonyl (C=O) groups excluding carboxylic acids is 1. The molecule has 1 atom stereocenters. The van der Waals surface area contributed by atoms with Crippen molar-refractivity contribution in [2.45, 2.75) is 18.9 Å². The van der Waals surface area contributed by atoms with Gasteiger partial charge in [0.15, 0.2) is 0 Å². The third kappa shape index (κ3) is 4.82.